The smallest absolute Gasteiger partial charge is 0.342 e. The van der Waals surface area contributed by atoms with Crippen LogP contribution in [-0.4, -0.2) is 14.5 Å². The van der Waals surface area contributed by atoms with Crippen LogP contribution in [0.15, 0.2) is 6.20 Å². The average Bonchev–Trinajstić information content (AvgIpc) is 2.75. The van der Waals surface area contributed by atoms with Gasteiger partial charge in [-0.3, -0.25) is 0 Å². The number of imidazole rings is 1. The van der Waals surface area contributed by atoms with Crippen molar-refractivity contribution in [3.05, 3.63) is 22.1 Å². The number of aromatic nitrogens is 2. The van der Waals surface area contributed by atoms with Crippen molar-refractivity contribution in [1.82, 2.24) is 9.55 Å². The normalized spacial score (nSPS) is 16.4. The highest BCUT2D eigenvalue weighted by Gasteiger charge is 2.32. The molecule has 1 aliphatic carbocycles. The Bertz CT molecular complexity index is 327. The van der Waals surface area contributed by atoms with Crippen LogP contribution in [-0.2, 0) is 7.05 Å². The topological polar surface area (TPSA) is 61.0 Å². The summed E-state index contributed by atoms with van der Waals surface area (Å²) in [5.41, 5.74) is 0. The third-order valence-electron chi connectivity index (χ3n) is 2.13. The lowest BCUT2D eigenvalue weighted by Gasteiger charge is -1.95. The zero-order chi connectivity index (χ0) is 8.72. The van der Waals surface area contributed by atoms with Gasteiger partial charge in [-0.2, -0.15) is 0 Å². The van der Waals surface area contributed by atoms with Crippen LogP contribution in [0, 0.1) is 10.1 Å². The molecule has 5 heteroatoms. The second-order valence-electron chi connectivity index (χ2n) is 3.06. The van der Waals surface area contributed by atoms with Gasteiger partial charge in [0.05, 0.1) is 7.05 Å². The lowest BCUT2D eigenvalue weighted by molar-refractivity contribution is -0.391. The van der Waals surface area contributed by atoms with E-state index in [0.717, 1.165) is 18.7 Å². The quantitative estimate of drug-likeness (QED) is 0.491. The molecular formula is C7H9N3O2. The van der Waals surface area contributed by atoms with Crippen molar-refractivity contribution in [2.24, 2.45) is 7.05 Å². The summed E-state index contributed by atoms with van der Waals surface area (Å²) >= 11 is 0. The molecule has 12 heavy (non-hydrogen) atoms. The molecule has 0 saturated heterocycles. The van der Waals surface area contributed by atoms with E-state index in [9.17, 15) is 10.1 Å². The van der Waals surface area contributed by atoms with Crippen molar-refractivity contribution < 1.29 is 4.92 Å². The fourth-order valence-electron chi connectivity index (χ4n) is 1.30. The Labute approximate surface area is 69.2 Å². The molecule has 0 N–H and O–H groups in total. The van der Waals surface area contributed by atoms with Crippen molar-refractivity contribution in [2.75, 3.05) is 0 Å². The fraction of sp³-hybridized carbons (Fsp3) is 0.571. The van der Waals surface area contributed by atoms with E-state index in [1.165, 1.54) is 6.20 Å². The molecule has 0 unspecified atom stereocenters. The van der Waals surface area contributed by atoms with Crippen molar-refractivity contribution in [3.63, 3.8) is 0 Å². The monoisotopic (exact) mass is 167 g/mol. The molecule has 1 saturated carbocycles. The van der Waals surface area contributed by atoms with E-state index < -0.39 is 4.92 Å². The maximum Gasteiger partial charge on any atom is 0.342 e. The van der Waals surface area contributed by atoms with Crippen molar-refractivity contribution in [3.8, 4) is 0 Å². The lowest BCUT2D eigenvalue weighted by Crippen LogP contribution is -2.00. The van der Waals surface area contributed by atoms with Gasteiger partial charge in [0, 0.05) is 5.92 Å². The van der Waals surface area contributed by atoms with Crippen LogP contribution >= 0.6 is 0 Å². The van der Waals surface area contributed by atoms with E-state index in [0.29, 0.717) is 5.92 Å². The summed E-state index contributed by atoms with van der Waals surface area (Å²) in [7, 11) is 1.69. The van der Waals surface area contributed by atoms with E-state index in [2.05, 4.69) is 4.98 Å². The van der Waals surface area contributed by atoms with E-state index in [1.54, 1.807) is 11.6 Å². The molecule has 0 radical (unpaired) electrons. The fourth-order valence-corrected chi connectivity index (χ4v) is 1.30. The molecule has 2 rings (SSSR count). The first-order valence-corrected chi connectivity index (χ1v) is 3.86. The summed E-state index contributed by atoms with van der Waals surface area (Å²) in [6.45, 7) is 0. The molecule has 1 heterocycles. The molecule has 5 nitrogen and oxygen atoms in total. The molecule has 0 atom stereocenters. The van der Waals surface area contributed by atoms with Gasteiger partial charge in [0.2, 0.25) is 0 Å². The van der Waals surface area contributed by atoms with Crippen molar-refractivity contribution >= 4 is 5.82 Å². The Balaban J connectivity index is 2.39. The van der Waals surface area contributed by atoms with E-state index in [-0.39, 0.29) is 5.82 Å². The lowest BCUT2D eigenvalue weighted by atomic mass is 10.4. The molecule has 0 aliphatic heterocycles. The molecular weight excluding hydrogens is 158 g/mol. The highest BCUT2D eigenvalue weighted by atomic mass is 16.6. The molecule has 1 aromatic rings. The Morgan fingerprint density at radius 3 is 2.83 bits per heavy atom. The van der Waals surface area contributed by atoms with Gasteiger partial charge in [0.15, 0.2) is 5.82 Å². The van der Waals surface area contributed by atoms with Gasteiger partial charge < -0.3 is 10.1 Å². The summed E-state index contributed by atoms with van der Waals surface area (Å²) in [5.74, 6) is 1.39. The number of hydrogen-bond donors (Lipinski definition) is 0. The van der Waals surface area contributed by atoms with E-state index >= 15 is 0 Å². The van der Waals surface area contributed by atoms with Gasteiger partial charge in [-0.25, -0.2) is 9.55 Å². The first-order chi connectivity index (χ1) is 5.70. The van der Waals surface area contributed by atoms with E-state index in [1.807, 2.05) is 0 Å². The summed E-state index contributed by atoms with van der Waals surface area (Å²) in [6.07, 6.45) is 3.55. The summed E-state index contributed by atoms with van der Waals surface area (Å²) < 4.78 is 1.57. The minimum absolute atomic E-state index is 0.0805. The number of rotatable bonds is 2. The Morgan fingerprint density at radius 1 is 1.75 bits per heavy atom. The zero-order valence-corrected chi connectivity index (χ0v) is 6.73. The van der Waals surface area contributed by atoms with E-state index in [4.69, 9.17) is 0 Å². The molecule has 1 fully saturated rings. The molecule has 1 aromatic heterocycles. The van der Waals surface area contributed by atoms with Gasteiger partial charge in [-0.15, -0.1) is 0 Å². The van der Waals surface area contributed by atoms with Gasteiger partial charge in [0.25, 0.3) is 0 Å². The second-order valence-corrected chi connectivity index (χ2v) is 3.06. The van der Waals surface area contributed by atoms with Crippen LogP contribution in [0.2, 0.25) is 0 Å². The van der Waals surface area contributed by atoms with Gasteiger partial charge >= 0.3 is 5.82 Å². The standard InChI is InChI=1S/C7H9N3O2/c1-9-6(10(11)12)4-8-7(9)5-2-3-5/h4-5H,2-3H2,1H3. The second kappa shape index (κ2) is 2.30. The Kier molecular flexibility index (Phi) is 1.39. The molecule has 1 aliphatic rings. The largest absolute Gasteiger partial charge is 0.358 e. The van der Waals surface area contributed by atoms with Crippen LogP contribution in [0.5, 0.6) is 0 Å². The van der Waals surface area contributed by atoms with Crippen molar-refractivity contribution in [1.29, 1.82) is 0 Å². The van der Waals surface area contributed by atoms with Gasteiger partial charge in [-0.1, -0.05) is 0 Å². The van der Waals surface area contributed by atoms with Crippen LogP contribution < -0.4 is 0 Å². The summed E-state index contributed by atoms with van der Waals surface area (Å²) in [4.78, 5) is 14.0. The minimum Gasteiger partial charge on any atom is -0.358 e. The molecule has 64 valence electrons. The van der Waals surface area contributed by atoms with Crippen LogP contribution in [0.4, 0.5) is 5.82 Å². The minimum atomic E-state index is -0.404. The first kappa shape index (κ1) is 7.27. The van der Waals surface area contributed by atoms with Crippen LogP contribution in [0.25, 0.3) is 0 Å². The number of nitrogens with zero attached hydrogens (tertiary/aromatic N) is 3. The number of nitro groups is 1. The SMILES string of the molecule is Cn1c([N+](=O)[O-])cnc1C1CC1. The maximum absolute atomic E-state index is 10.4. The third-order valence-corrected chi connectivity index (χ3v) is 2.13. The highest BCUT2D eigenvalue weighted by molar-refractivity contribution is 5.22. The molecule has 0 aromatic carbocycles. The predicted molar refractivity (Wildman–Crippen MR) is 41.8 cm³/mol. The predicted octanol–water partition coefficient (Wildman–Crippen LogP) is 1.21. The van der Waals surface area contributed by atoms with Crippen LogP contribution in [0.1, 0.15) is 24.6 Å². The summed E-state index contributed by atoms with van der Waals surface area (Å²) in [6, 6.07) is 0. The summed E-state index contributed by atoms with van der Waals surface area (Å²) in [5, 5.41) is 10.4. The Hall–Kier alpha value is -1.39. The highest BCUT2D eigenvalue weighted by Crippen LogP contribution is 2.39. The van der Waals surface area contributed by atoms with Gasteiger partial charge in [-0.05, 0) is 17.8 Å². The van der Waals surface area contributed by atoms with Crippen LogP contribution in [0.3, 0.4) is 0 Å². The Morgan fingerprint density at radius 2 is 2.42 bits per heavy atom. The van der Waals surface area contributed by atoms with Crippen molar-refractivity contribution in [2.45, 2.75) is 18.8 Å². The maximum atomic E-state index is 10.4. The number of hydrogen-bond acceptors (Lipinski definition) is 3. The average molecular weight is 167 g/mol. The molecule has 0 spiro atoms. The molecule has 0 bridgehead atoms. The first-order valence-electron chi connectivity index (χ1n) is 3.86. The third kappa shape index (κ3) is 0.975. The molecule has 0 amide bonds. The zero-order valence-electron chi connectivity index (χ0n) is 6.73. The van der Waals surface area contributed by atoms with Gasteiger partial charge in [0.1, 0.15) is 6.20 Å².